The van der Waals surface area contributed by atoms with Crippen molar-refractivity contribution in [3.63, 3.8) is 0 Å². The zero-order valence-electron chi connectivity index (χ0n) is 26.1. The summed E-state index contributed by atoms with van der Waals surface area (Å²) < 4.78 is 10.6. The van der Waals surface area contributed by atoms with Crippen molar-refractivity contribution >= 4 is 36.2 Å². The van der Waals surface area contributed by atoms with E-state index in [9.17, 15) is 24.0 Å². The van der Waals surface area contributed by atoms with E-state index in [4.69, 9.17) is 26.4 Å². The molecule has 0 aliphatic heterocycles. The number of ether oxygens (including phenoxy) is 2. The van der Waals surface area contributed by atoms with Gasteiger partial charge in [-0.1, -0.05) is 91.0 Å². The number of guanidine groups is 1. The van der Waals surface area contributed by atoms with Gasteiger partial charge in [-0.05, 0) is 42.9 Å². The average molecular weight is 645 g/mol. The highest BCUT2D eigenvalue weighted by Gasteiger charge is 2.36. The van der Waals surface area contributed by atoms with Crippen LogP contribution in [0.25, 0.3) is 0 Å². The molecule has 0 saturated heterocycles. The van der Waals surface area contributed by atoms with Crippen LogP contribution in [0.1, 0.15) is 36.5 Å². The summed E-state index contributed by atoms with van der Waals surface area (Å²) in [6, 6.07) is 23.1. The van der Waals surface area contributed by atoms with Crippen molar-refractivity contribution < 1.29 is 33.4 Å². The van der Waals surface area contributed by atoms with Crippen molar-refractivity contribution in [2.24, 2.45) is 11.5 Å². The van der Waals surface area contributed by atoms with Crippen LogP contribution in [0.2, 0.25) is 0 Å². The van der Waals surface area contributed by atoms with E-state index in [0.29, 0.717) is 16.7 Å². The SMILES string of the molecule is C[C@@H](C(=O)N[C@H](C=O)CCCN(C(=N)N)C(=O)OCc1ccccc1)N(C(=O)OCc1ccccc1)C(=O)[C@H](N)Cc1ccccc1. The van der Waals surface area contributed by atoms with E-state index in [-0.39, 0.29) is 39.0 Å². The Balaban J connectivity index is 1.63. The number of carbonyl (C=O) groups excluding carboxylic acids is 5. The molecule has 0 saturated carbocycles. The van der Waals surface area contributed by atoms with Gasteiger partial charge in [-0.3, -0.25) is 15.0 Å². The van der Waals surface area contributed by atoms with Crippen molar-refractivity contribution in [3.05, 3.63) is 108 Å². The van der Waals surface area contributed by atoms with Gasteiger partial charge < -0.3 is 31.1 Å². The number of rotatable bonds is 15. The molecule has 0 radical (unpaired) electrons. The normalized spacial score (nSPS) is 12.5. The zero-order chi connectivity index (χ0) is 34.2. The largest absolute Gasteiger partial charge is 0.444 e. The van der Waals surface area contributed by atoms with Gasteiger partial charge in [0.2, 0.25) is 11.8 Å². The monoisotopic (exact) mass is 644 g/mol. The highest BCUT2D eigenvalue weighted by molar-refractivity contribution is 6.00. The predicted octanol–water partition coefficient (Wildman–Crippen LogP) is 3.11. The van der Waals surface area contributed by atoms with E-state index in [0.717, 1.165) is 16.0 Å². The predicted molar refractivity (Wildman–Crippen MR) is 174 cm³/mol. The van der Waals surface area contributed by atoms with Gasteiger partial charge in [0.15, 0.2) is 5.96 Å². The summed E-state index contributed by atoms with van der Waals surface area (Å²) in [6.07, 6.45) is -1.10. The highest BCUT2D eigenvalue weighted by Crippen LogP contribution is 2.13. The van der Waals surface area contributed by atoms with E-state index in [1.54, 1.807) is 78.9 Å². The molecule has 47 heavy (non-hydrogen) atoms. The number of aldehydes is 1. The third-order valence-electron chi connectivity index (χ3n) is 7.13. The zero-order valence-corrected chi connectivity index (χ0v) is 26.1. The number of nitrogens with two attached hydrogens (primary N) is 2. The molecule has 3 aromatic carbocycles. The van der Waals surface area contributed by atoms with Gasteiger partial charge in [0.1, 0.15) is 25.5 Å². The molecule has 248 valence electrons. The Morgan fingerprint density at radius 3 is 1.81 bits per heavy atom. The highest BCUT2D eigenvalue weighted by atomic mass is 16.6. The maximum Gasteiger partial charge on any atom is 0.417 e. The average Bonchev–Trinajstić information content (AvgIpc) is 3.08. The smallest absolute Gasteiger partial charge is 0.417 e. The van der Waals surface area contributed by atoms with E-state index < -0.39 is 48.1 Å². The molecule has 0 unspecified atom stereocenters. The molecule has 6 N–H and O–H groups in total. The Kier molecular flexibility index (Phi) is 14.1. The Labute approximate surface area is 273 Å². The van der Waals surface area contributed by atoms with E-state index in [1.165, 1.54) is 6.92 Å². The lowest BCUT2D eigenvalue weighted by atomic mass is 10.0. The van der Waals surface area contributed by atoms with Crippen LogP contribution in [0.15, 0.2) is 91.0 Å². The number of hydrogen-bond donors (Lipinski definition) is 4. The maximum absolute atomic E-state index is 13.5. The van der Waals surface area contributed by atoms with Gasteiger partial charge in [-0.25, -0.2) is 19.4 Å². The number of carbonyl (C=O) groups is 5. The summed E-state index contributed by atoms with van der Waals surface area (Å²) in [4.78, 5) is 66.0. The fraction of sp³-hybridized carbons (Fsp3) is 0.294. The molecule has 13 nitrogen and oxygen atoms in total. The molecule has 3 rings (SSSR count). The molecule has 13 heteroatoms. The standard InChI is InChI=1S/C34H40N6O7/c1-24(30(42)38-28(21-41)18-11-19-39(32(36)37)33(44)46-22-26-14-7-3-8-15-26)40(34(45)47-23-27-16-9-4-10-17-27)31(43)29(35)20-25-12-5-2-6-13-25/h2-10,12-17,21,24,28-29H,11,18-20,22-23,35H2,1H3,(H3,36,37)(H,38,42)/t24-,28-,29+/m0/s1. The quantitative estimate of drug-likeness (QED) is 0.109. The molecule has 4 amide bonds. The summed E-state index contributed by atoms with van der Waals surface area (Å²) in [5, 5.41) is 10.3. The van der Waals surface area contributed by atoms with Crippen LogP contribution < -0.4 is 16.8 Å². The van der Waals surface area contributed by atoms with Crippen molar-refractivity contribution in [3.8, 4) is 0 Å². The fourth-order valence-corrected chi connectivity index (χ4v) is 4.53. The van der Waals surface area contributed by atoms with Crippen LogP contribution in [0.3, 0.4) is 0 Å². The number of benzene rings is 3. The second-order valence-electron chi connectivity index (χ2n) is 10.7. The van der Waals surface area contributed by atoms with Crippen LogP contribution >= 0.6 is 0 Å². The molecule has 0 bridgehead atoms. The van der Waals surface area contributed by atoms with Gasteiger partial charge in [-0.2, -0.15) is 0 Å². The molecule has 3 atom stereocenters. The van der Waals surface area contributed by atoms with Gasteiger partial charge >= 0.3 is 12.2 Å². The number of nitrogens with zero attached hydrogens (tertiary/aromatic N) is 2. The van der Waals surface area contributed by atoms with E-state index in [1.807, 2.05) is 12.1 Å². The van der Waals surface area contributed by atoms with Gasteiger partial charge in [0.05, 0.1) is 12.1 Å². The molecular formula is C34H40N6O7. The molecule has 0 spiro atoms. The molecule has 3 aromatic rings. The Morgan fingerprint density at radius 1 is 0.830 bits per heavy atom. The first kappa shape index (κ1) is 35.9. The third kappa shape index (κ3) is 11.4. The van der Waals surface area contributed by atoms with Crippen LogP contribution in [0.5, 0.6) is 0 Å². The first-order valence-electron chi connectivity index (χ1n) is 15.0. The second-order valence-corrected chi connectivity index (χ2v) is 10.7. The second kappa shape index (κ2) is 18.4. The van der Waals surface area contributed by atoms with Crippen molar-refractivity contribution in [1.29, 1.82) is 5.41 Å². The van der Waals surface area contributed by atoms with Gasteiger partial charge in [0.25, 0.3) is 0 Å². The summed E-state index contributed by atoms with van der Waals surface area (Å²) >= 11 is 0. The van der Waals surface area contributed by atoms with Gasteiger partial charge in [-0.15, -0.1) is 0 Å². The van der Waals surface area contributed by atoms with Crippen molar-refractivity contribution in [2.45, 2.75) is 57.5 Å². The van der Waals surface area contributed by atoms with Crippen molar-refractivity contribution in [1.82, 2.24) is 15.1 Å². The Morgan fingerprint density at radius 2 is 1.32 bits per heavy atom. The summed E-state index contributed by atoms with van der Waals surface area (Å²) in [7, 11) is 0. The minimum Gasteiger partial charge on any atom is -0.444 e. The van der Waals surface area contributed by atoms with Crippen LogP contribution in [-0.2, 0) is 43.5 Å². The number of amides is 4. The number of nitrogens with one attached hydrogen (secondary N) is 2. The van der Waals surface area contributed by atoms with Crippen molar-refractivity contribution in [2.75, 3.05) is 6.54 Å². The topological polar surface area (TPSA) is 198 Å². The number of imide groups is 1. The Bertz CT molecular complexity index is 1490. The molecular weight excluding hydrogens is 604 g/mol. The Hall–Kier alpha value is -5.56. The van der Waals surface area contributed by atoms with E-state index >= 15 is 0 Å². The fourth-order valence-electron chi connectivity index (χ4n) is 4.53. The lowest BCUT2D eigenvalue weighted by molar-refractivity contribution is -0.139. The van der Waals surface area contributed by atoms with Gasteiger partial charge in [0, 0.05) is 6.54 Å². The minimum atomic E-state index is -1.39. The summed E-state index contributed by atoms with van der Waals surface area (Å²) in [5.41, 5.74) is 14.0. The lowest BCUT2D eigenvalue weighted by Crippen LogP contribution is -2.57. The third-order valence-corrected chi connectivity index (χ3v) is 7.13. The van der Waals surface area contributed by atoms with E-state index in [2.05, 4.69) is 5.32 Å². The maximum atomic E-state index is 13.5. The molecule has 0 heterocycles. The van der Waals surface area contributed by atoms with Crippen LogP contribution in [0.4, 0.5) is 9.59 Å². The summed E-state index contributed by atoms with van der Waals surface area (Å²) in [5.74, 6) is -2.17. The molecule has 0 aliphatic carbocycles. The van der Waals surface area contributed by atoms with Crippen LogP contribution in [-0.4, -0.2) is 70.7 Å². The first-order valence-corrected chi connectivity index (χ1v) is 15.0. The first-order chi connectivity index (χ1) is 22.6. The van der Waals surface area contributed by atoms with Crippen LogP contribution in [0, 0.1) is 5.41 Å². The molecule has 0 aromatic heterocycles. The minimum absolute atomic E-state index is 0.0215. The lowest BCUT2D eigenvalue weighted by Gasteiger charge is -2.29. The summed E-state index contributed by atoms with van der Waals surface area (Å²) in [6.45, 7) is 1.09. The molecule has 0 fully saturated rings. The number of hydrogen-bond acceptors (Lipinski definition) is 9. The molecule has 0 aliphatic rings.